The summed E-state index contributed by atoms with van der Waals surface area (Å²) in [6, 6.07) is 7.75. The molecule has 22 heavy (non-hydrogen) atoms. The quantitative estimate of drug-likeness (QED) is 0.636. The van der Waals surface area contributed by atoms with Crippen LogP contribution in [0.3, 0.4) is 0 Å². The Labute approximate surface area is 127 Å². The average molecular weight is 317 g/mol. The molecule has 2 heterocycles. The molecule has 1 aromatic heterocycles. The van der Waals surface area contributed by atoms with Gasteiger partial charge in [-0.25, -0.2) is 0 Å². The zero-order valence-corrected chi connectivity index (χ0v) is 12.3. The number of ketones is 1. The van der Waals surface area contributed by atoms with E-state index in [2.05, 4.69) is 4.98 Å². The molecule has 0 saturated carbocycles. The van der Waals surface area contributed by atoms with Crippen LogP contribution in [0.5, 0.6) is 11.5 Å². The number of aromatic nitrogens is 1. The van der Waals surface area contributed by atoms with Crippen LogP contribution in [0.1, 0.15) is 15.9 Å². The molecule has 0 aliphatic carbocycles. The van der Waals surface area contributed by atoms with Crippen molar-refractivity contribution in [2.75, 3.05) is 6.26 Å². The van der Waals surface area contributed by atoms with Gasteiger partial charge in [0.15, 0.2) is 5.76 Å². The second-order valence-corrected chi connectivity index (χ2v) is 6.24. The van der Waals surface area contributed by atoms with E-state index in [4.69, 9.17) is 8.92 Å². The third kappa shape index (κ3) is 2.99. The predicted octanol–water partition coefficient (Wildman–Crippen LogP) is 2.04. The molecule has 0 atom stereocenters. The Morgan fingerprint density at radius 2 is 1.91 bits per heavy atom. The van der Waals surface area contributed by atoms with Gasteiger partial charge in [-0.1, -0.05) is 0 Å². The molecule has 0 amide bonds. The number of benzene rings is 1. The summed E-state index contributed by atoms with van der Waals surface area (Å²) in [5.41, 5.74) is 1.14. The summed E-state index contributed by atoms with van der Waals surface area (Å²) in [6.07, 6.45) is 5.76. The predicted molar refractivity (Wildman–Crippen MR) is 79.1 cm³/mol. The molecule has 7 heteroatoms. The highest BCUT2D eigenvalue weighted by Crippen LogP contribution is 2.35. The summed E-state index contributed by atoms with van der Waals surface area (Å²) in [7, 11) is -3.63. The van der Waals surface area contributed by atoms with Gasteiger partial charge in [-0.05, 0) is 35.9 Å². The molecule has 1 aromatic carbocycles. The Morgan fingerprint density at radius 3 is 2.59 bits per heavy atom. The maximum Gasteiger partial charge on any atom is 0.306 e. The molecule has 2 aromatic rings. The van der Waals surface area contributed by atoms with Gasteiger partial charge in [0, 0.05) is 18.5 Å². The monoisotopic (exact) mass is 317 g/mol. The number of pyridine rings is 1. The number of allylic oxidation sites excluding steroid dienone is 1. The highest BCUT2D eigenvalue weighted by molar-refractivity contribution is 7.86. The number of ether oxygens (including phenoxy) is 1. The van der Waals surface area contributed by atoms with Gasteiger partial charge in [-0.3, -0.25) is 9.78 Å². The topological polar surface area (TPSA) is 82.6 Å². The van der Waals surface area contributed by atoms with E-state index in [9.17, 15) is 13.2 Å². The van der Waals surface area contributed by atoms with Crippen LogP contribution < -0.4 is 8.92 Å². The molecule has 6 nitrogen and oxygen atoms in total. The first-order valence-corrected chi connectivity index (χ1v) is 8.12. The molecule has 0 unspecified atom stereocenters. The van der Waals surface area contributed by atoms with Crippen LogP contribution in [-0.4, -0.2) is 25.4 Å². The van der Waals surface area contributed by atoms with Crippen LogP contribution in [0, 0.1) is 0 Å². The summed E-state index contributed by atoms with van der Waals surface area (Å²) < 4.78 is 32.5. The van der Waals surface area contributed by atoms with Crippen molar-refractivity contribution in [1.29, 1.82) is 0 Å². The summed E-state index contributed by atoms with van der Waals surface area (Å²) in [4.78, 5) is 16.1. The molecule has 0 N–H and O–H groups in total. The van der Waals surface area contributed by atoms with E-state index in [1.54, 1.807) is 30.6 Å². The maximum atomic E-state index is 12.2. The van der Waals surface area contributed by atoms with Crippen LogP contribution in [-0.2, 0) is 10.1 Å². The maximum absolute atomic E-state index is 12.2. The summed E-state index contributed by atoms with van der Waals surface area (Å²) in [6.45, 7) is 0. The molecule has 0 saturated heterocycles. The van der Waals surface area contributed by atoms with Crippen molar-refractivity contribution < 1.29 is 22.1 Å². The fraction of sp³-hybridized carbons (Fsp3) is 0.0667. The Morgan fingerprint density at radius 1 is 1.18 bits per heavy atom. The van der Waals surface area contributed by atoms with Crippen molar-refractivity contribution in [3.8, 4) is 11.5 Å². The minimum Gasteiger partial charge on any atom is -0.452 e. The fourth-order valence-electron chi connectivity index (χ4n) is 2.00. The normalized spacial score (nSPS) is 15.5. The standard InChI is InChI=1S/C15H11NO5S/c1-22(18,19)21-11-2-3-12-13(9-11)20-14(15(12)17)8-10-4-6-16-7-5-10/h2-9H,1H3/b14-8-. The van der Waals surface area contributed by atoms with E-state index in [1.807, 2.05) is 0 Å². The second-order valence-electron chi connectivity index (χ2n) is 4.67. The molecule has 0 radical (unpaired) electrons. The van der Waals surface area contributed by atoms with Crippen molar-refractivity contribution >= 4 is 22.0 Å². The number of rotatable bonds is 3. The number of hydrogen-bond acceptors (Lipinski definition) is 6. The van der Waals surface area contributed by atoms with Gasteiger partial charge in [0.25, 0.3) is 0 Å². The lowest BCUT2D eigenvalue weighted by molar-refractivity contribution is 0.101. The molecule has 3 rings (SSSR count). The second kappa shape index (κ2) is 5.27. The van der Waals surface area contributed by atoms with Gasteiger partial charge in [-0.2, -0.15) is 8.42 Å². The molecule has 0 bridgehead atoms. The van der Waals surface area contributed by atoms with Crippen molar-refractivity contribution in [1.82, 2.24) is 4.98 Å². The third-order valence-corrected chi connectivity index (χ3v) is 3.39. The minimum atomic E-state index is -3.63. The summed E-state index contributed by atoms with van der Waals surface area (Å²) >= 11 is 0. The largest absolute Gasteiger partial charge is 0.452 e. The molecule has 112 valence electrons. The first kappa shape index (κ1) is 14.3. The SMILES string of the molecule is CS(=O)(=O)Oc1ccc2c(c1)O/C(=C\c1ccncc1)C2=O. The summed E-state index contributed by atoms with van der Waals surface area (Å²) in [5, 5.41) is 0. The van der Waals surface area contributed by atoms with E-state index < -0.39 is 10.1 Å². The van der Waals surface area contributed by atoms with Crippen molar-refractivity contribution in [3.63, 3.8) is 0 Å². The first-order chi connectivity index (χ1) is 10.4. The summed E-state index contributed by atoms with van der Waals surface area (Å²) in [5.74, 6) is 0.265. The molecule has 1 aliphatic rings. The Hall–Kier alpha value is -2.67. The first-order valence-electron chi connectivity index (χ1n) is 6.30. The number of Topliss-reactive ketones (excluding diaryl/α,β-unsaturated/α-hetero) is 1. The van der Waals surface area contributed by atoms with Crippen molar-refractivity contribution in [2.45, 2.75) is 0 Å². The van der Waals surface area contributed by atoms with E-state index in [0.717, 1.165) is 11.8 Å². The van der Waals surface area contributed by atoms with E-state index in [1.165, 1.54) is 18.2 Å². The van der Waals surface area contributed by atoms with Crippen LogP contribution >= 0.6 is 0 Å². The Bertz CT molecular complexity index is 872. The highest BCUT2D eigenvalue weighted by Gasteiger charge is 2.28. The van der Waals surface area contributed by atoms with Crippen molar-refractivity contribution in [3.05, 3.63) is 59.6 Å². The average Bonchev–Trinajstić information content (AvgIpc) is 2.74. The van der Waals surface area contributed by atoms with Gasteiger partial charge in [-0.15, -0.1) is 0 Å². The van der Waals surface area contributed by atoms with Gasteiger partial charge < -0.3 is 8.92 Å². The van der Waals surface area contributed by atoms with E-state index in [0.29, 0.717) is 5.56 Å². The Balaban J connectivity index is 1.92. The smallest absolute Gasteiger partial charge is 0.306 e. The number of hydrogen-bond donors (Lipinski definition) is 0. The highest BCUT2D eigenvalue weighted by atomic mass is 32.2. The lowest BCUT2D eigenvalue weighted by Crippen LogP contribution is -2.05. The fourth-order valence-corrected chi connectivity index (χ4v) is 2.46. The molecule has 1 aliphatic heterocycles. The van der Waals surface area contributed by atoms with Crippen LogP contribution in [0.15, 0.2) is 48.5 Å². The van der Waals surface area contributed by atoms with E-state index >= 15 is 0 Å². The lowest BCUT2D eigenvalue weighted by Gasteiger charge is -2.03. The van der Waals surface area contributed by atoms with Crippen LogP contribution in [0.2, 0.25) is 0 Å². The van der Waals surface area contributed by atoms with Gasteiger partial charge in [0.1, 0.15) is 11.5 Å². The van der Waals surface area contributed by atoms with E-state index in [-0.39, 0.29) is 23.0 Å². The van der Waals surface area contributed by atoms with Crippen molar-refractivity contribution in [2.24, 2.45) is 0 Å². The number of carbonyl (C=O) groups is 1. The Kier molecular flexibility index (Phi) is 3.42. The molecular weight excluding hydrogens is 306 g/mol. The number of nitrogens with zero attached hydrogens (tertiary/aromatic N) is 1. The van der Waals surface area contributed by atoms with Crippen LogP contribution in [0.4, 0.5) is 0 Å². The minimum absolute atomic E-state index is 0.0965. The van der Waals surface area contributed by atoms with Gasteiger partial charge in [0.2, 0.25) is 5.78 Å². The molecular formula is C15H11NO5S. The molecule has 0 spiro atoms. The molecule has 0 fully saturated rings. The van der Waals surface area contributed by atoms with Gasteiger partial charge in [0.05, 0.1) is 11.8 Å². The number of fused-ring (bicyclic) bond motifs is 1. The van der Waals surface area contributed by atoms with Gasteiger partial charge >= 0.3 is 10.1 Å². The zero-order chi connectivity index (χ0) is 15.7. The zero-order valence-electron chi connectivity index (χ0n) is 11.5. The third-order valence-electron chi connectivity index (χ3n) is 2.89. The number of carbonyl (C=O) groups excluding carboxylic acids is 1. The van der Waals surface area contributed by atoms with Crippen LogP contribution in [0.25, 0.3) is 6.08 Å². The lowest BCUT2D eigenvalue weighted by atomic mass is 10.1.